The van der Waals surface area contributed by atoms with Gasteiger partial charge >= 0.3 is 5.97 Å². The highest BCUT2D eigenvalue weighted by atomic mass is 16.4. The van der Waals surface area contributed by atoms with Crippen molar-refractivity contribution in [1.82, 2.24) is 15.3 Å². The molecule has 0 saturated heterocycles. The molecule has 0 aliphatic rings. The van der Waals surface area contributed by atoms with Gasteiger partial charge in [-0.25, -0.2) is 9.78 Å². The molecule has 2 heterocycles. The Hall–Kier alpha value is -3.48. The van der Waals surface area contributed by atoms with Crippen LogP contribution in [0.4, 0.5) is 0 Å². The lowest BCUT2D eigenvalue weighted by Crippen LogP contribution is -2.23. The number of benzene rings is 1. The Labute approximate surface area is 143 Å². The van der Waals surface area contributed by atoms with Crippen LogP contribution in [0.1, 0.15) is 32.3 Å². The Morgan fingerprint density at radius 3 is 2.64 bits per heavy atom. The van der Waals surface area contributed by atoms with Gasteiger partial charge in [0.05, 0.1) is 11.3 Å². The Morgan fingerprint density at radius 1 is 1.20 bits per heavy atom. The minimum atomic E-state index is -1.00. The van der Waals surface area contributed by atoms with E-state index in [1.165, 1.54) is 12.3 Å². The van der Waals surface area contributed by atoms with E-state index in [2.05, 4.69) is 15.3 Å². The number of nitrogens with zero attached hydrogens (tertiary/aromatic N) is 2. The third-order valence-corrected chi connectivity index (χ3v) is 3.56. The van der Waals surface area contributed by atoms with E-state index in [9.17, 15) is 14.7 Å². The first-order chi connectivity index (χ1) is 12.0. The van der Waals surface area contributed by atoms with Gasteiger partial charge in [0.1, 0.15) is 6.26 Å². The second kappa shape index (κ2) is 6.96. The number of carbonyl (C=O) groups excluding carboxylic acids is 1. The van der Waals surface area contributed by atoms with Gasteiger partial charge in [0, 0.05) is 25.2 Å². The predicted octanol–water partition coefficient (Wildman–Crippen LogP) is 2.67. The van der Waals surface area contributed by atoms with Crippen LogP contribution >= 0.6 is 0 Å². The van der Waals surface area contributed by atoms with Crippen LogP contribution in [-0.4, -0.2) is 27.0 Å². The maximum Gasteiger partial charge on any atom is 0.336 e. The van der Waals surface area contributed by atoms with E-state index >= 15 is 0 Å². The third kappa shape index (κ3) is 3.72. The van der Waals surface area contributed by atoms with E-state index < -0.39 is 5.97 Å². The van der Waals surface area contributed by atoms with Crippen LogP contribution in [0.2, 0.25) is 0 Å². The number of rotatable bonds is 5. The molecule has 0 fully saturated rings. The van der Waals surface area contributed by atoms with Crippen molar-refractivity contribution in [3.8, 4) is 11.3 Å². The molecule has 25 heavy (non-hydrogen) atoms. The largest absolute Gasteiger partial charge is 0.478 e. The van der Waals surface area contributed by atoms with Crippen molar-refractivity contribution >= 4 is 11.9 Å². The van der Waals surface area contributed by atoms with Crippen molar-refractivity contribution in [1.29, 1.82) is 0 Å². The fourth-order valence-corrected chi connectivity index (χ4v) is 2.32. The van der Waals surface area contributed by atoms with Gasteiger partial charge in [-0.1, -0.05) is 24.3 Å². The Morgan fingerprint density at radius 2 is 2.00 bits per heavy atom. The molecule has 0 radical (unpaired) electrons. The van der Waals surface area contributed by atoms with Crippen molar-refractivity contribution in [2.45, 2.75) is 13.5 Å². The topological polar surface area (TPSA) is 105 Å². The Balaban J connectivity index is 1.71. The van der Waals surface area contributed by atoms with Crippen LogP contribution in [-0.2, 0) is 6.54 Å². The normalized spacial score (nSPS) is 10.4. The predicted molar refractivity (Wildman–Crippen MR) is 89.0 cm³/mol. The zero-order valence-electron chi connectivity index (χ0n) is 13.4. The molecule has 0 saturated carbocycles. The highest BCUT2D eigenvalue weighted by Gasteiger charge is 2.12. The summed E-state index contributed by atoms with van der Waals surface area (Å²) in [5.74, 6) is -0.915. The van der Waals surface area contributed by atoms with Gasteiger partial charge in [-0.05, 0) is 17.7 Å². The number of aromatic nitrogens is 2. The summed E-state index contributed by atoms with van der Waals surface area (Å²) in [4.78, 5) is 31.5. The average molecular weight is 337 g/mol. The summed E-state index contributed by atoms with van der Waals surface area (Å²) in [6.07, 6.45) is 2.90. The van der Waals surface area contributed by atoms with Crippen molar-refractivity contribution in [2.75, 3.05) is 0 Å². The van der Waals surface area contributed by atoms with Crippen LogP contribution in [0.3, 0.4) is 0 Å². The number of aryl methyl sites for hydroxylation is 1. The molecule has 1 aromatic carbocycles. The van der Waals surface area contributed by atoms with Gasteiger partial charge in [0.2, 0.25) is 0 Å². The molecule has 0 aliphatic carbocycles. The third-order valence-electron chi connectivity index (χ3n) is 3.56. The number of carboxylic acids is 1. The summed E-state index contributed by atoms with van der Waals surface area (Å²) < 4.78 is 5.00. The highest BCUT2D eigenvalue weighted by Crippen LogP contribution is 2.21. The van der Waals surface area contributed by atoms with E-state index in [-0.39, 0.29) is 23.7 Å². The molecule has 3 aromatic rings. The minimum absolute atomic E-state index is 0.192. The number of carboxylic acid groups (broad SMARTS) is 1. The number of amides is 1. The Bertz CT molecular complexity index is 916. The molecular formula is C18H15N3O4. The summed E-state index contributed by atoms with van der Waals surface area (Å²) in [7, 11) is 0. The second-order valence-electron chi connectivity index (χ2n) is 5.34. The molecule has 2 aromatic heterocycles. The summed E-state index contributed by atoms with van der Waals surface area (Å²) in [5, 5.41) is 12.0. The minimum Gasteiger partial charge on any atom is -0.478 e. The summed E-state index contributed by atoms with van der Waals surface area (Å²) in [6, 6.07) is 10.2. The maximum atomic E-state index is 11.9. The SMILES string of the molecule is Cc1nc(C(=O)NCc2ccc(-c3ccccc3C(=O)O)nc2)co1. The first kappa shape index (κ1) is 16.4. The van der Waals surface area contributed by atoms with Crippen LogP contribution < -0.4 is 5.32 Å². The van der Waals surface area contributed by atoms with Gasteiger partial charge in [-0.15, -0.1) is 0 Å². The molecule has 0 aliphatic heterocycles. The zero-order chi connectivity index (χ0) is 17.8. The number of pyridine rings is 1. The first-order valence-corrected chi connectivity index (χ1v) is 7.52. The van der Waals surface area contributed by atoms with Gasteiger partial charge in [0.15, 0.2) is 11.6 Å². The number of hydrogen-bond acceptors (Lipinski definition) is 5. The monoisotopic (exact) mass is 337 g/mol. The number of nitrogens with one attached hydrogen (secondary N) is 1. The molecule has 0 unspecified atom stereocenters. The quantitative estimate of drug-likeness (QED) is 0.741. The standard InChI is InChI=1S/C18H15N3O4/c1-11-21-16(10-25-11)17(22)20-9-12-6-7-15(19-8-12)13-4-2-3-5-14(13)18(23)24/h2-8,10H,9H2,1H3,(H,20,22)(H,23,24). The fourth-order valence-electron chi connectivity index (χ4n) is 2.32. The summed E-state index contributed by atoms with van der Waals surface area (Å²) >= 11 is 0. The van der Waals surface area contributed by atoms with Crippen LogP contribution in [0, 0.1) is 6.92 Å². The van der Waals surface area contributed by atoms with E-state index in [1.807, 2.05) is 0 Å². The molecule has 3 rings (SSSR count). The van der Waals surface area contributed by atoms with E-state index in [0.29, 0.717) is 17.1 Å². The number of hydrogen-bond donors (Lipinski definition) is 2. The van der Waals surface area contributed by atoms with Crippen LogP contribution in [0.5, 0.6) is 0 Å². The van der Waals surface area contributed by atoms with Crippen molar-refractivity contribution in [2.24, 2.45) is 0 Å². The highest BCUT2D eigenvalue weighted by molar-refractivity contribution is 5.95. The van der Waals surface area contributed by atoms with Crippen LogP contribution in [0.15, 0.2) is 53.3 Å². The van der Waals surface area contributed by atoms with E-state index in [1.54, 1.807) is 43.5 Å². The van der Waals surface area contributed by atoms with Gasteiger partial charge < -0.3 is 14.8 Å². The fraction of sp³-hybridized carbons (Fsp3) is 0.111. The van der Waals surface area contributed by atoms with E-state index in [0.717, 1.165) is 5.56 Å². The molecule has 7 nitrogen and oxygen atoms in total. The Kier molecular flexibility index (Phi) is 4.56. The molecule has 126 valence electrons. The second-order valence-corrected chi connectivity index (χ2v) is 5.34. The lowest BCUT2D eigenvalue weighted by Gasteiger charge is -2.07. The lowest BCUT2D eigenvalue weighted by atomic mass is 10.0. The smallest absolute Gasteiger partial charge is 0.336 e. The number of aromatic carboxylic acids is 1. The van der Waals surface area contributed by atoms with E-state index in [4.69, 9.17) is 4.42 Å². The molecule has 1 amide bonds. The zero-order valence-corrected chi connectivity index (χ0v) is 13.4. The number of carbonyl (C=O) groups is 2. The molecule has 7 heteroatoms. The van der Waals surface area contributed by atoms with Gasteiger partial charge in [-0.3, -0.25) is 9.78 Å². The van der Waals surface area contributed by atoms with Gasteiger partial charge in [0.25, 0.3) is 5.91 Å². The molecule has 0 atom stereocenters. The van der Waals surface area contributed by atoms with Crippen molar-refractivity contribution < 1.29 is 19.1 Å². The average Bonchev–Trinajstić information content (AvgIpc) is 3.06. The summed E-state index contributed by atoms with van der Waals surface area (Å²) in [6.45, 7) is 1.94. The van der Waals surface area contributed by atoms with Crippen molar-refractivity contribution in [3.05, 3.63) is 71.6 Å². The van der Waals surface area contributed by atoms with Crippen molar-refractivity contribution in [3.63, 3.8) is 0 Å². The lowest BCUT2D eigenvalue weighted by molar-refractivity contribution is 0.0697. The van der Waals surface area contributed by atoms with Crippen LogP contribution in [0.25, 0.3) is 11.3 Å². The molecule has 0 bridgehead atoms. The molecule has 2 N–H and O–H groups in total. The molecule has 0 spiro atoms. The molecular weight excluding hydrogens is 322 g/mol. The van der Waals surface area contributed by atoms with Gasteiger partial charge in [-0.2, -0.15) is 0 Å². The first-order valence-electron chi connectivity index (χ1n) is 7.52. The maximum absolute atomic E-state index is 11.9. The summed E-state index contributed by atoms with van der Waals surface area (Å²) in [5.41, 5.74) is 2.30. The number of oxazole rings is 1.